The summed E-state index contributed by atoms with van der Waals surface area (Å²) in [6.07, 6.45) is 4.78. The Labute approximate surface area is 195 Å². The van der Waals surface area contributed by atoms with Gasteiger partial charge in [-0.2, -0.15) is 5.10 Å². The van der Waals surface area contributed by atoms with Gasteiger partial charge in [0.25, 0.3) is 5.91 Å². The van der Waals surface area contributed by atoms with Crippen molar-refractivity contribution in [2.75, 3.05) is 26.2 Å². The molecule has 2 aliphatic heterocycles. The molecule has 0 unspecified atom stereocenters. The average Bonchev–Trinajstić information content (AvgIpc) is 3.42. The molecular weight excluding hydrogens is 416 g/mol. The van der Waals surface area contributed by atoms with E-state index >= 15 is 0 Å². The number of carbonyl (C=O) groups excluding carboxylic acids is 2. The van der Waals surface area contributed by atoms with Crippen molar-refractivity contribution in [2.24, 2.45) is 0 Å². The first-order valence-corrected chi connectivity index (χ1v) is 12.4. The molecule has 1 aromatic carbocycles. The molecule has 7 nitrogen and oxygen atoms in total. The number of piperidine rings is 1. The second-order valence-corrected chi connectivity index (χ2v) is 9.82. The summed E-state index contributed by atoms with van der Waals surface area (Å²) in [5, 5.41) is 4.69. The number of carbonyl (C=O) groups is 2. The SMILES string of the molecule is C[C@@H]1CN(C(=O)c2nn(CC(=O)N3CCC(c4ccccc4)CC3)c3c2CCC3)C[C@H](C)O1. The fourth-order valence-corrected chi connectivity index (χ4v) is 5.72. The molecular formula is C26H34N4O3. The summed E-state index contributed by atoms with van der Waals surface area (Å²) in [5.74, 6) is 0.600. The minimum absolute atomic E-state index is 0.0215. The third-order valence-electron chi connectivity index (χ3n) is 7.32. The largest absolute Gasteiger partial charge is 0.372 e. The normalized spacial score (nSPS) is 23.6. The summed E-state index contributed by atoms with van der Waals surface area (Å²) >= 11 is 0. The van der Waals surface area contributed by atoms with Crippen LogP contribution in [0.1, 0.15) is 66.3 Å². The van der Waals surface area contributed by atoms with E-state index in [1.165, 1.54) is 5.56 Å². The maximum atomic E-state index is 13.3. The number of rotatable bonds is 4. The third kappa shape index (κ3) is 4.56. The standard InChI is InChI=1S/C26H34N4O3/c1-18-15-29(16-19(2)33-18)26(32)25-22-9-6-10-23(22)30(27-25)17-24(31)28-13-11-21(12-14-28)20-7-4-3-5-8-20/h3-5,7-8,18-19,21H,6,9-17H2,1-2H3/t18-,19+. The van der Waals surface area contributed by atoms with Crippen LogP contribution in [0.5, 0.6) is 0 Å². The van der Waals surface area contributed by atoms with Crippen LogP contribution in [0.4, 0.5) is 0 Å². The van der Waals surface area contributed by atoms with E-state index in [0.717, 1.165) is 56.5 Å². The molecule has 0 N–H and O–H groups in total. The third-order valence-corrected chi connectivity index (χ3v) is 7.32. The van der Waals surface area contributed by atoms with Crippen molar-refractivity contribution in [1.82, 2.24) is 19.6 Å². The zero-order chi connectivity index (χ0) is 22.9. The Bertz CT molecular complexity index is 1000. The molecule has 7 heteroatoms. The second kappa shape index (κ2) is 9.29. The zero-order valence-electron chi connectivity index (χ0n) is 19.7. The Morgan fingerprint density at radius 1 is 1.00 bits per heavy atom. The molecule has 176 valence electrons. The van der Waals surface area contributed by atoms with Gasteiger partial charge in [0.1, 0.15) is 6.54 Å². The van der Waals surface area contributed by atoms with Crippen molar-refractivity contribution in [2.45, 2.75) is 70.6 Å². The van der Waals surface area contributed by atoms with Gasteiger partial charge in [-0.3, -0.25) is 14.3 Å². The molecule has 0 spiro atoms. The van der Waals surface area contributed by atoms with Crippen LogP contribution in [0.25, 0.3) is 0 Å². The van der Waals surface area contributed by atoms with E-state index in [1.54, 1.807) is 0 Å². The molecule has 3 aliphatic rings. The van der Waals surface area contributed by atoms with Gasteiger partial charge in [0.2, 0.25) is 5.91 Å². The van der Waals surface area contributed by atoms with E-state index in [9.17, 15) is 9.59 Å². The minimum Gasteiger partial charge on any atom is -0.372 e. The summed E-state index contributed by atoms with van der Waals surface area (Å²) in [6, 6.07) is 10.6. The number of likely N-dealkylation sites (tertiary alicyclic amines) is 1. The highest BCUT2D eigenvalue weighted by molar-refractivity contribution is 5.94. The monoisotopic (exact) mass is 450 g/mol. The molecule has 2 fully saturated rings. The predicted molar refractivity (Wildman–Crippen MR) is 125 cm³/mol. The number of amides is 2. The van der Waals surface area contributed by atoms with Crippen LogP contribution in [-0.2, 0) is 28.9 Å². The van der Waals surface area contributed by atoms with Gasteiger partial charge in [-0.25, -0.2) is 0 Å². The maximum Gasteiger partial charge on any atom is 0.274 e. The summed E-state index contributed by atoms with van der Waals surface area (Å²) in [4.78, 5) is 30.3. The van der Waals surface area contributed by atoms with Gasteiger partial charge in [-0.15, -0.1) is 0 Å². The van der Waals surface area contributed by atoms with Crippen molar-refractivity contribution in [3.63, 3.8) is 0 Å². The number of benzene rings is 1. The van der Waals surface area contributed by atoms with Crippen LogP contribution in [-0.4, -0.2) is 69.8 Å². The lowest BCUT2D eigenvalue weighted by molar-refractivity contribution is -0.133. The summed E-state index contributed by atoms with van der Waals surface area (Å²) in [5.41, 5.74) is 4.02. The molecule has 33 heavy (non-hydrogen) atoms. The van der Waals surface area contributed by atoms with Crippen LogP contribution in [0.3, 0.4) is 0 Å². The number of nitrogens with zero attached hydrogens (tertiary/aromatic N) is 4. The number of aromatic nitrogens is 2. The minimum atomic E-state index is -0.0231. The van der Waals surface area contributed by atoms with Crippen molar-refractivity contribution >= 4 is 11.8 Å². The van der Waals surface area contributed by atoms with Crippen molar-refractivity contribution in [1.29, 1.82) is 0 Å². The molecule has 0 bridgehead atoms. The quantitative estimate of drug-likeness (QED) is 0.718. The van der Waals surface area contributed by atoms with Gasteiger partial charge in [-0.05, 0) is 57.4 Å². The predicted octanol–water partition coefficient (Wildman–Crippen LogP) is 3.03. The first-order valence-electron chi connectivity index (χ1n) is 12.4. The van der Waals surface area contributed by atoms with E-state index in [2.05, 4.69) is 24.3 Å². The maximum absolute atomic E-state index is 13.3. The van der Waals surface area contributed by atoms with Gasteiger partial charge in [0, 0.05) is 37.4 Å². The van der Waals surface area contributed by atoms with Gasteiger partial charge in [0.05, 0.1) is 12.2 Å². The topological polar surface area (TPSA) is 67.7 Å². The van der Waals surface area contributed by atoms with E-state index in [1.807, 2.05) is 34.4 Å². The Morgan fingerprint density at radius 2 is 1.70 bits per heavy atom. The number of hydrogen-bond donors (Lipinski definition) is 0. The van der Waals surface area contributed by atoms with Crippen LogP contribution in [0, 0.1) is 0 Å². The smallest absolute Gasteiger partial charge is 0.274 e. The average molecular weight is 451 g/mol. The first-order chi connectivity index (χ1) is 16.0. The summed E-state index contributed by atoms with van der Waals surface area (Å²) in [7, 11) is 0. The highest BCUT2D eigenvalue weighted by atomic mass is 16.5. The fraction of sp³-hybridized carbons (Fsp3) is 0.577. The molecule has 0 saturated carbocycles. The molecule has 5 rings (SSSR count). The molecule has 2 amide bonds. The van der Waals surface area contributed by atoms with Gasteiger partial charge in [0.15, 0.2) is 5.69 Å². The van der Waals surface area contributed by atoms with Gasteiger partial charge < -0.3 is 14.5 Å². The Hall–Kier alpha value is -2.67. The van der Waals surface area contributed by atoms with E-state index < -0.39 is 0 Å². The lowest BCUT2D eigenvalue weighted by atomic mass is 9.89. The fourth-order valence-electron chi connectivity index (χ4n) is 5.72. The summed E-state index contributed by atoms with van der Waals surface area (Å²) < 4.78 is 7.60. The molecule has 2 atom stereocenters. The molecule has 1 aromatic heterocycles. The second-order valence-electron chi connectivity index (χ2n) is 9.82. The molecule has 2 aromatic rings. The lowest BCUT2D eigenvalue weighted by Gasteiger charge is -2.35. The number of ether oxygens (including phenoxy) is 1. The Morgan fingerprint density at radius 3 is 2.39 bits per heavy atom. The van der Waals surface area contributed by atoms with Gasteiger partial charge >= 0.3 is 0 Å². The molecule has 3 heterocycles. The van der Waals surface area contributed by atoms with Crippen LogP contribution in [0.15, 0.2) is 30.3 Å². The highest BCUT2D eigenvalue weighted by Crippen LogP contribution is 2.29. The van der Waals surface area contributed by atoms with E-state index in [0.29, 0.717) is 24.7 Å². The lowest BCUT2D eigenvalue weighted by Crippen LogP contribution is -2.48. The van der Waals surface area contributed by atoms with Crippen molar-refractivity contribution < 1.29 is 14.3 Å². The van der Waals surface area contributed by atoms with Crippen LogP contribution >= 0.6 is 0 Å². The zero-order valence-corrected chi connectivity index (χ0v) is 19.7. The van der Waals surface area contributed by atoms with Crippen molar-refractivity contribution in [3.8, 4) is 0 Å². The number of fused-ring (bicyclic) bond motifs is 1. The highest BCUT2D eigenvalue weighted by Gasteiger charge is 2.33. The molecule has 2 saturated heterocycles. The van der Waals surface area contributed by atoms with Crippen LogP contribution in [0.2, 0.25) is 0 Å². The number of morpholine rings is 1. The molecule has 0 radical (unpaired) electrons. The van der Waals surface area contributed by atoms with E-state index in [-0.39, 0.29) is 30.6 Å². The van der Waals surface area contributed by atoms with Gasteiger partial charge in [-0.1, -0.05) is 30.3 Å². The van der Waals surface area contributed by atoms with Crippen molar-refractivity contribution in [3.05, 3.63) is 52.8 Å². The molecule has 1 aliphatic carbocycles. The Kier molecular flexibility index (Phi) is 6.23. The number of hydrogen-bond acceptors (Lipinski definition) is 4. The summed E-state index contributed by atoms with van der Waals surface area (Å²) in [6.45, 7) is 6.94. The Balaban J connectivity index is 1.26. The van der Waals surface area contributed by atoms with E-state index in [4.69, 9.17) is 9.84 Å². The van der Waals surface area contributed by atoms with Crippen LogP contribution < -0.4 is 0 Å². The first kappa shape index (κ1) is 22.1.